The molecule has 0 saturated heterocycles. The molecule has 0 aromatic rings. The fraction of sp³-hybridized carbons (Fsp3) is 0.818. The summed E-state index contributed by atoms with van der Waals surface area (Å²) in [5, 5.41) is 0. The predicted octanol–water partition coefficient (Wildman–Crippen LogP) is 3.02. The molecule has 0 heterocycles. The van der Waals surface area contributed by atoms with E-state index in [0.29, 0.717) is 0 Å². The number of rotatable bonds is 13. The Morgan fingerprint density at radius 2 is 0.700 bits per heavy atom. The van der Waals surface area contributed by atoms with Crippen molar-refractivity contribution in [3.8, 4) is 0 Å². The van der Waals surface area contributed by atoms with Gasteiger partial charge in [0.25, 0.3) is 0 Å². The molecule has 2 atom stereocenters. The zero-order valence-corrected chi connectivity index (χ0v) is 19.6. The molecule has 0 spiro atoms. The third kappa shape index (κ3) is 7.61. The van der Waals surface area contributed by atoms with Gasteiger partial charge in [-0.1, -0.05) is 27.7 Å². The van der Waals surface area contributed by atoms with Gasteiger partial charge in [-0.15, -0.1) is 0 Å². The number of hydrogen-bond acceptors (Lipinski definition) is 8. The van der Waals surface area contributed by atoms with E-state index in [2.05, 4.69) is 0 Å². The van der Waals surface area contributed by atoms with Crippen LogP contribution in [-0.4, -0.2) is 50.3 Å². The van der Waals surface area contributed by atoms with Crippen molar-refractivity contribution in [3.63, 3.8) is 0 Å². The molecule has 174 valence electrons. The molecule has 0 aromatic heterocycles. The lowest BCUT2D eigenvalue weighted by atomic mass is 9.65. The molecule has 0 rings (SSSR count). The topological polar surface area (TPSA) is 105 Å². The summed E-state index contributed by atoms with van der Waals surface area (Å²) >= 11 is 0. The lowest BCUT2D eigenvalue weighted by Crippen LogP contribution is -2.48. The van der Waals surface area contributed by atoms with Crippen molar-refractivity contribution in [1.82, 2.24) is 0 Å². The van der Waals surface area contributed by atoms with Crippen LogP contribution in [0.5, 0.6) is 0 Å². The Morgan fingerprint density at radius 1 is 0.500 bits per heavy atom. The largest absolute Gasteiger partial charge is 0.465 e. The Bertz CT molecular complexity index is 483. The van der Waals surface area contributed by atoms with Gasteiger partial charge >= 0.3 is 23.9 Å². The van der Waals surface area contributed by atoms with Crippen molar-refractivity contribution in [2.24, 2.45) is 35.5 Å². The summed E-state index contributed by atoms with van der Waals surface area (Å²) in [5.74, 6) is -7.38. The van der Waals surface area contributed by atoms with Crippen LogP contribution >= 0.6 is 0 Å². The summed E-state index contributed by atoms with van der Waals surface area (Å²) in [4.78, 5) is 51.2. The molecular weight excluding hydrogens is 392 g/mol. The summed E-state index contributed by atoms with van der Waals surface area (Å²) in [6.45, 7) is 14.3. The van der Waals surface area contributed by atoms with Crippen LogP contribution in [0.2, 0.25) is 0 Å². The van der Waals surface area contributed by atoms with Gasteiger partial charge in [-0.3, -0.25) is 19.2 Å². The van der Waals surface area contributed by atoms with Gasteiger partial charge < -0.3 is 18.9 Å². The van der Waals surface area contributed by atoms with Gasteiger partial charge in [0.15, 0.2) is 11.8 Å². The first-order valence-corrected chi connectivity index (χ1v) is 10.7. The number of esters is 4. The van der Waals surface area contributed by atoms with Gasteiger partial charge in [-0.05, 0) is 51.4 Å². The van der Waals surface area contributed by atoms with Crippen LogP contribution in [-0.2, 0) is 38.1 Å². The number of carbonyl (C=O) groups excluding carboxylic acids is 4. The fourth-order valence-corrected chi connectivity index (χ4v) is 3.85. The van der Waals surface area contributed by atoms with E-state index in [1.807, 2.05) is 27.7 Å². The highest BCUT2D eigenvalue weighted by atomic mass is 16.6. The van der Waals surface area contributed by atoms with Crippen molar-refractivity contribution in [3.05, 3.63) is 0 Å². The van der Waals surface area contributed by atoms with E-state index in [1.54, 1.807) is 27.7 Å². The van der Waals surface area contributed by atoms with Gasteiger partial charge in [-0.2, -0.15) is 0 Å². The number of ether oxygens (including phenoxy) is 4. The zero-order valence-electron chi connectivity index (χ0n) is 19.6. The van der Waals surface area contributed by atoms with Crippen molar-refractivity contribution in [2.75, 3.05) is 26.4 Å². The van der Waals surface area contributed by atoms with Gasteiger partial charge in [0.05, 0.1) is 26.4 Å². The van der Waals surface area contributed by atoms with E-state index in [-0.39, 0.29) is 38.3 Å². The molecule has 8 heteroatoms. The monoisotopic (exact) mass is 430 g/mol. The summed E-state index contributed by atoms with van der Waals surface area (Å²) in [6, 6.07) is 0. The van der Waals surface area contributed by atoms with Crippen molar-refractivity contribution in [1.29, 1.82) is 0 Å². The highest BCUT2D eigenvalue weighted by Crippen LogP contribution is 2.40. The van der Waals surface area contributed by atoms with Crippen LogP contribution in [0.1, 0.15) is 55.4 Å². The van der Waals surface area contributed by atoms with Crippen LogP contribution in [0.3, 0.4) is 0 Å². The first-order valence-electron chi connectivity index (χ1n) is 10.7. The minimum absolute atomic E-state index is 0.0884. The van der Waals surface area contributed by atoms with Gasteiger partial charge in [0.1, 0.15) is 0 Å². The highest BCUT2D eigenvalue weighted by molar-refractivity contribution is 5.97. The third-order valence-electron chi connectivity index (χ3n) is 4.92. The molecule has 0 bridgehead atoms. The molecule has 0 aliphatic heterocycles. The minimum Gasteiger partial charge on any atom is -0.465 e. The van der Waals surface area contributed by atoms with E-state index in [1.165, 1.54) is 0 Å². The predicted molar refractivity (Wildman–Crippen MR) is 110 cm³/mol. The first kappa shape index (κ1) is 27.9. The highest BCUT2D eigenvalue weighted by Gasteiger charge is 2.51. The Labute approximate surface area is 180 Å². The second-order valence-electron chi connectivity index (χ2n) is 7.61. The molecule has 2 unspecified atom stereocenters. The van der Waals surface area contributed by atoms with Crippen LogP contribution < -0.4 is 0 Å². The van der Waals surface area contributed by atoms with Crippen LogP contribution in [0.25, 0.3) is 0 Å². The fourth-order valence-electron chi connectivity index (χ4n) is 3.85. The maximum absolute atomic E-state index is 12.8. The average molecular weight is 431 g/mol. The van der Waals surface area contributed by atoms with Crippen molar-refractivity contribution < 1.29 is 38.1 Å². The Hall–Kier alpha value is -2.12. The smallest absolute Gasteiger partial charge is 0.320 e. The van der Waals surface area contributed by atoms with E-state index in [4.69, 9.17) is 18.9 Å². The lowest BCUT2D eigenvalue weighted by Gasteiger charge is -2.39. The van der Waals surface area contributed by atoms with Crippen molar-refractivity contribution in [2.45, 2.75) is 55.4 Å². The molecule has 0 fully saturated rings. The summed E-state index contributed by atoms with van der Waals surface area (Å²) in [6.07, 6.45) is 0. The standard InChI is InChI=1S/C22H38O8/c1-9-27-19(23)17(20(24)28-10-2)15(13(5)6)16(14(7)8)18(21(25)29-11-3)22(26)30-12-4/h13-18H,9-12H2,1-8H3. The SMILES string of the molecule is CCOC(=O)C(C(=O)OCC)C(C(C)C)C(C(C)C)C(C(=O)OCC)C(=O)OCC. The quantitative estimate of drug-likeness (QED) is 0.249. The second kappa shape index (κ2) is 14.0. The molecule has 0 amide bonds. The Morgan fingerprint density at radius 3 is 0.833 bits per heavy atom. The summed E-state index contributed by atoms with van der Waals surface area (Å²) < 4.78 is 20.6. The maximum atomic E-state index is 12.8. The molecule has 0 N–H and O–H groups in total. The number of hydrogen-bond donors (Lipinski definition) is 0. The maximum Gasteiger partial charge on any atom is 0.320 e. The summed E-state index contributed by atoms with van der Waals surface area (Å²) in [7, 11) is 0. The van der Waals surface area contributed by atoms with Crippen molar-refractivity contribution >= 4 is 23.9 Å². The van der Waals surface area contributed by atoms with Gasteiger partial charge in [-0.25, -0.2) is 0 Å². The third-order valence-corrected chi connectivity index (χ3v) is 4.92. The van der Waals surface area contributed by atoms with Crippen LogP contribution in [0.4, 0.5) is 0 Å². The van der Waals surface area contributed by atoms with Gasteiger partial charge in [0, 0.05) is 0 Å². The van der Waals surface area contributed by atoms with Crippen LogP contribution in [0, 0.1) is 35.5 Å². The average Bonchev–Trinajstić information content (AvgIpc) is 2.64. The lowest BCUT2D eigenvalue weighted by molar-refractivity contribution is -0.176. The molecule has 0 aromatic carbocycles. The first-order chi connectivity index (χ1) is 14.1. The van der Waals surface area contributed by atoms with E-state index in [9.17, 15) is 19.2 Å². The van der Waals surface area contributed by atoms with E-state index >= 15 is 0 Å². The van der Waals surface area contributed by atoms with Gasteiger partial charge in [0.2, 0.25) is 0 Å². The number of carbonyl (C=O) groups is 4. The molecule has 0 radical (unpaired) electrons. The summed E-state index contributed by atoms with van der Waals surface area (Å²) in [5.41, 5.74) is 0. The van der Waals surface area contributed by atoms with Crippen LogP contribution in [0.15, 0.2) is 0 Å². The molecule has 8 nitrogen and oxygen atoms in total. The normalized spacial score (nSPS) is 13.3. The molecule has 0 aliphatic rings. The molecule has 30 heavy (non-hydrogen) atoms. The molecular formula is C22H38O8. The van der Waals surface area contributed by atoms with E-state index in [0.717, 1.165) is 0 Å². The van der Waals surface area contributed by atoms with E-state index < -0.39 is 47.5 Å². The minimum atomic E-state index is -1.27. The molecule has 0 saturated carbocycles. The zero-order chi connectivity index (χ0) is 23.4. The Kier molecular flexibility index (Phi) is 13.0. The molecule has 0 aliphatic carbocycles. The second-order valence-corrected chi connectivity index (χ2v) is 7.61. The Balaban J connectivity index is 6.56.